The van der Waals surface area contributed by atoms with Crippen LogP contribution in [0, 0.1) is 17.6 Å². The number of halogens is 2. The molecule has 120 valence electrons. The van der Waals surface area contributed by atoms with E-state index in [1.165, 1.54) is 11.1 Å². The molecule has 0 aromatic rings. The van der Waals surface area contributed by atoms with Gasteiger partial charge in [0.15, 0.2) is 8.32 Å². The summed E-state index contributed by atoms with van der Waals surface area (Å²) in [6, 6.07) is 0. The summed E-state index contributed by atoms with van der Waals surface area (Å²) < 4.78 is 6.38. The molecule has 0 aromatic heterocycles. The molecule has 2 aliphatic rings. The normalized spacial score (nSPS) is 17.9. The molecule has 0 aliphatic heterocycles. The van der Waals surface area contributed by atoms with Gasteiger partial charge in [0.1, 0.15) is 0 Å². The zero-order valence-corrected chi connectivity index (χ0v) is 18.9. The van der Waals surface area contributed by atoms with Crippen LogP contribution in [0.5, 0.6) is 0 Å². The van der Waals surface area contributed by atoms with E-state index in [1.54, 1.807) is 0 Å². The molecule has 5 heteroatoms. The van der Waals surface area contributed by atoms with Gasteiger partial charge in [0.2, 0.25) is 0 Å². The summed E-state index contributed by atoms with van der Waals surface area (Å²) in [7, 11) is -1.56. The topological polar surface area (TPSA) is 9.23 Å². The first-order valence-electron chi connectivity index (χ1n) is 7.07. The van der Waals surface area contributed by atoms with E-state index in [4.69, 9.17) is 4.43 Å². The van der Waals surface area contributed by atoms with Gasteiger partial charge in [-0.1, -0.05) is 6.92 Å². The summed E-state index contributed by atoms with van der Waals surface area (Å²) in [6.07, 6.45) is 17.7. The summed E-state index contributed by atoms with van der Waals surface area (Å²) in [5.74, 6) is 0. The Morgan fingerprint density at radius 1 is 1.05 bits per heavy atom. The predicted molar refractivity (Wildman–Crippen MR) is 83.0 cm³/mol. The van der Waals surface area contributed by atoms with Gasteiger partial charge in [0.25, 0.3) is 0 Å². The van der Waals surface area contributed by atoms with Crippen molar-refractivity contribution in [3.63, 3.8) is 0 Å². The summed E-state index contributed by atoms with van der Waals surface area (Å²) in [5.41, 5.74) is 2.39. The van der Waals surface area contributed by atoms with Crippen LogP contribution in [0.2, 0.25) is 19.6 Å². The zero-order valence-electron chi connectivity index (χ0n) is 14.0. The number of rotatable bonds is 5. The second kappa shape index (κ2) is 9.79. The third-order valence-electron chi connectivity index (χ3n) is 3.85. The Hall–Kier alpha value is 0.600. The van der Waals surface area contributed by atoms with Crippen molar-refractivity contribution in [2.75, 3.05) is 0 Å². The minimum atomic E-state index is -1.56. The average molecular weight is 435 g/mol. The fourth-order valence-corrected chi connectivity index (χ4v) is 4.05. The van der Waals surface area contributed by atoms with Gasteiger partial charge in [-0.3, -0.25) is 12.2 Å². The maximum Gasteiger partial charge on any atom is 4.00 e. The van der Waals surface area contributed by atoms with Gasteiger partial charge in [0.05, 0.1) is 0 Å². The van der Waals surface area contributed by atoms with Crippen molar-refractivity contribution in [1.82, 2.24) is 0 Å². The standard InChI is InChI=1S/C17H24OSi.2ClH.Zr/c1-14(18-19(3,4)5)17(2,15-10-6-7-11-15)16-12-8-9-13-16;;;/h6,8,10,12,14H,7,9H2,1-5H3;2*1H;/q-2;;;+4/p-2. The zero-order chi connectivity index (χ0) is 14.1. The van der Waals surface area contributed by atoms with Gasteiger partial charge in [-0.05, 0) is 32.0 Å². The molecule has 0 radical (unpaired) electrons. The second-order valence-electron chi connectivity index (χ2n) is 6.47. The van der Waals surface area contributed by atoms with Crippen molar-refractivity contribution >= 4 is 8.32 Å². The molecule has 0 amide bonds. The van der Waals surface area contributed by atoms with Gasteiger partial charge in [0, 0.05) is 6.10 Å². The molecule has 0 aromatic carbocycles. The van der Waals surface area contributed by atoms with Crippen LogP contribution < -0.4 is 24.8 Å². The van der Waals surface area contributed by atoms with E-state index >= 15 is 0 Å². The third kappa shape index (κ3) is 5.60. The van der Waals surface area contributed by atoms with Gasteiger partial charge in [-0.25, -0.2) is 23.3 Å². The molecular formula is C17H24Cl2OSiZr. The fraction of sp³-hybridized carbons (Fsp3) is 0.529. The van der Waals surface area contributed by atoms with Gasteiger partial charge in [-0.2, -0.15) is 12.2 Å². The average Bonchev–Trinajstić information content (AvgIpc) is 2.99. The van der Waals surface area contributed by atoms with Crippen LogP contribution in [0.1, 0.15) is 26.7 Å². The predicted octanol–water partition coefficient (Wildman–Crippen LogP) is -1.38. The number of hydrogen-bond donors (Lipinski definition) is 0. The largest absolute Gasteiger partial charge is 4.00 e. The molecule has 1 unspecified atom stereocenters. The van der Waals surface area contributed by atoms with Gasteiger partial charge in [-0.15, -0.1) is 12.8 Å². The van der Waals surface area contributed by atoms with E-state index in [0.717, 1.165) is 12.8 Å². The van der Waals surface area contributed by atoms with Crippen LogP contribution >= 0.6 is 0 Å². The molecule has 0 heterocycles. The van der Waals surface area contributed by atoms with E-state index in [2.05, 4.69) is 69.9 Å². The molecule has 1 atom stereocenters. The first-order chi connectivity index (χ1) is 8.84. The Balaban J connectivity index is 0. The third-order valence-corrected chi connectivity index (χ3v) is 4.91. The number of hydrogen-bond acceptors (Lipinski definition) is 1. The molecule has 0 spiro atoms. The number of allylic oxidation sites excluding steroid dienone is 6. The Labute approximate surface area is 168 Å². The van der Waals surface area contributed by atoms with Crippen molar-refractivity contribution < 1.29 is 55.4 Å². The van der Waals surface area contributed by atoms with E-state index in [-0.39, 0.29) is 62.5 Å². The Kier molecular flexibility index (Phi) is 11.1. The molecule has 22 heavy (non-hydrogen) atoms. The molecule has 0 saturated carbocycles. The van der Waals surface area contributed by atoms with Crippen LogP contribution in [-0.4, -0.2) is 14.4 Å². The summed E-state index contributed by atoms with van der Waals surface area (Å²) in [4.78, 5) is 0. The SMILES string of the molecule is CC(O[Si](C)(C)C)C(C)(C1=[C-]CC=C1)C1=[C-]CC=C1.[Cl-].[Cl-].[Zr+4]. The van der Waals surface area contributed by atoms with E-state index < -0.39 is 8.32 Å². The fourth-order valence-electron chi connectivity index (χ4n) is 2.75. The Bertz CT molecular complexity index is 446. The van der Waals surface area contributed by atoms with Crippen LogP contribution in [0.25, 0.3) is 0 Å². The van der Waals surface area contributed by atoms with Crippen LogP contribution in [0.3, 0.4) is 0 Å². The summed E-state index contributed by atoms with van der Waals surface area (Å²) in [5, 5.41) is 0. The molecule has 0 bridgehead atoms. The molecule has 0 N–H and O–H groups in total. The maximum absolute atomic E-state index is 6.38. The van der Waals surface area contributed by atoms with Crippen molar-refractivity contribution in [3.05, 3.63) is 47.6 Å². The van der Waals surface area contributed by atoms with E-state index in [0.29, 0.717) is 0 Å². The quantitative estimate of drug-likeness (QED) is 0.383. The van der Waals surface area contributed by atoms with Crippen LogP contribution in [0.15, 0.2) is 35.5 Å². The summed E-state index contributed by atoms with van der Waals surface area (Å²) in [6.45, 7) is 11.2. The van der Waals surface area contributed by atoms with Crippen LogP contribution in [0.4, 0.5) is 0 Å². The Morgan fingerprint density at radius 3 is 1.73 bits per heavy atom. The Morgan fingerprint density at radius 2 is 1.45 bits per heavy atom. The molecule has 0 saturated heterocycles. The molecule has 0 fully saturated rings. The van der Waals surface area contributed by atoms with E-state index in [9.17, 15) is 0 Å². The monoisotopic (exact) mass is 432 g/mol. The van der Waals surface area contributed by atoms with Crippen molar-refractivity contribution in [1.29, 1.82) is 0 Å². The minimum Gasteiger partial charge on any atom is -1.00 e. The first-order valence-corrected chi connectivity index (χ1v) is 10.5. The van der Waals surface area contributed by atoms with Crippen molar-refractivity contribution in [2.24, 2.45) is 5.41 Å². The van der Waals surface area contributed by atoms with Crippen molar-refractivity contribution in [2.45, 2.75) is 52.4 Å². The smallest absolute Gasteiger partial charge is 1.00 e. The van der Waals surface area contributed by atoms with Gasteiger partial charge < -0.3 is 29.2 Å². The van der Waals surface area contributed by atoms with Crippen molar-refractivity contribution in [3.8, 4) is 0 Å². The molecule has 1 nitrogen and oxygen atoms in total. The molecule has 2 aliphatic carbocycles. The van der Waals surface area contributed by atoms with Crippen LogP contribution in [-0.2, 0) is 30.6 Å². The summed E-state index contributed by atoms with van der Waals surface area (Å²) >= 11 is 0. The molecular weight excluding hydrogens is 410 g/mol. The minimum absolute atomic E-state index is 0. The van der Waals surface area contributed by atoms with Gasteiger partial charge >= 0.3 is 26.2 Å². The molecule has 2 rings (SSSR count). The second-order valence-corrected chi connectivity index (χ2v) is 10.9. The first kappa shape index (κ1) is 24.8. The maximum atomic E-state index is 6.38. The van der Waals surface area contributed by atoms with E-state index in [1.807, 2.05) is 0 Å².